The van der Waals surface area contributed by atoms with Gasteiger partial charge in [0.25, 0.3) is 5.91 Å². The second-order valence-corrected chi connectivity index (χ2v) is 6.88. The fourth-order valence-corrected chi connectivity index (χ4v) is 3.02. The monoisotopic (exact) mass is 361 g/mol. The molecule has 0 aromatic heterocycles. The molecule has 0 spiro atoms. The maximum Gasteiger partial charge on any atom is 0.325 e. The number of carbonyl (C=O) groups excluding carboxylic acids is 3. The first-order chi connectivity index (χ1) is 12.3. The quantitative estimate of drug-likeness (QED) is 0.784. The normalized spacial score (nSPS) is 22.2. The number of ether oxygens (including phenoxy) is 2. The molecule has 26 heavy (non-hydrogen) atoms. The first-order valence-electron chi connectivity index (χ1n) is 8.65. The van der Waals surface area contributed by atoms with Gasteiger partial charge in [-0.25, -0.2) is 4.79 Å². The second-order valence-electron chi connectivity index (χ2n) is 6.88. The highest BCUT2D eigenvalue weighted by Crippen LogP contribution is 2.36. The predicted molar refractivity (Wildman–Crippen MR) is 92.9 cm³/mol. The molecule has 1 saturated heterocycles. The summed E-state index contributed by atoms with van der Waals surface area (Å²) in [6.07, 6.45) is 0.774. The molecule has 140 valence electrons. The van der Waals surface area contributed by atoms with Crippen LogP contribution in [0.1, 0.15) is 32.8 Å². The van der Waals surface area contributed by atoms with Crippen molar-refractivity contribution in [1.82, 2.24) is 15.5 Å². The summed E-state index contributed by atoms with van der Waals surface area (Å²) in [6.45, 7) is 6.01. The van der Waals surface area contributed by atoms with E-state index in [1.54, 1.807) is 25.1 Å². The van der Waals surface area contributed by atoms with Crippen LogP contribution in [0.4, 0.5) is 4.79 Å². The first kappa shape index (κ1) is 18.0. The van der Waals surface area contributed by atoms with Gasteiger partial charge in [-0.05, 0) is 38.5 Å². The first-order valence-corrected chi connectivity index (χ1v) is 8.65. The van der Waals surface area contributed by atoms with Crippen molar-refractivity contribution >= 4 is 17.8 Å². The van der Waals surface area contributed by atoms with Crippen LogP contribution in [0, 0.1) is 0 Å². The molecule has 0 saturated carbocycles. The van der Waals surface area contributed by atoms with Crippen molar-refractivity contribution in [3.8, 4) is 11.5 Å². The summed E-state index contributed by atoms with van der Waals surface area (Å²) >= 11 is 0. The summed E-state index contributed by atoms with van der Waals surface area (Å²) in [5.41, 5.74) is -0.688. The lowest BCUT2D eigenvalue weighted by Crippen LogP contribution is -2.44. The summed E-state index contributed by atoms with van der Waals surface area (Å²) in [5, 5.41) is 5.36. The Balaban J connectivity index is 1.84. The average Bonchev–Trinajstić information content (AvgIpc) is 2.75. The van der Waals surface area contributed by atoms with Gasteiger partial charge in [-0.2, -0.15) is 0 Å². The van der Waals surface area contributed by atoms with Crippen molar-refractivity contribution in [2.24, 2.45) is 0 Å². The van der Waals surface area contributed by atoms with Crippen molar-refractivity contribution in [3.63, 3.8) is 0 Å². The third-order valence-corrected chi connectivity index (χ3v) is 4.35. The molecule has 2 aliphatic rings. The van der Waals surface area contributed by atoms with Gasteiger partial charge in [0.1, 0.15) is 12.1 Å². The van der Waals surface area contributed by atoms with E-state index in [0.717, 1.165) is 11.3 Å². The van der Waals surface area contributed by atoms with E-state index in [9.17, 15) is 14.4 Å². The second kappa shape index (κ2) is 6.86. The van der Waals surface area contributed by atoms with Gasteiger partial charge in [-0.15, -0.1) is 0 Å². The minimum absolute atomic E-state index is 0.0728. The Kier molecular flexibility index (Phi) is 4.76. The zero-order valence-corrected chi connectivity index (χ0v) is 15.1. The van der Waals surface area contributed by atoms with Crippen molar-refractivity contribution in [2.75, 3.05) is 19.8 Å². The van der Waals surface area contributed by atoms with E-state index in [1.165, 1.54) is 0 Å². The fourth-order valence-electron chi connectivity index (χ4n) is 3.02. The SMILES string of the molecule is CC(C)NC(=O)CN1C(=O)NC(C)(c2ccc3c(c2)OCCCO3)C1=O. The number of imide groups is 1. The van der Waals surface area contributed by atoms with Crippen LogP contribution < -0.4 is 20.1 Å². The molecule has 2 aliphatic heterocycles. The number of rotatable bonds is 4. The number of hydrogen-bond donors (Lipinski definition) is 2. The van der Waals surface area contributed by atoms with E-state index in [-0.39, 0.29) is 18.5 Å². The Morgan fingerprint density at radius 2 is 1.96 bits per heavy atom. The van der Waals surface area contributed by atoms with Crippen LogP contribution in [-0.4, -0.2) is 48.5 Å². The lowest BCUT2D eigenvalue weighted by atomic mass is 9.91. The Hall–Kier alpha value is -2.77. The van der Waals surface area contributed by atoms with Crippen molar-refractivity contribution in [3.05, 3.63) is 23.8 Å². The van der Waals surface area contributed by atoms with Crippen LogP contribution in [-0.2, 0) is 15.1 Å². The van der Waals surface area contributed by atoms with E-state index in [0.29, 0.717) is 30.3 Å². The number of fused-ring (bicyclic) bond motifs is 1. The number of benzene rings is 1. The molecule has 1 unspecified atom stereocenters. The van der Waals surface area contributed by atoms with Gasteiger partial charge in [0, 0.05) is 12.5 Å². The summed E-state index contributed by atoms with van der Waals surface area (Å²) in [7, 11) is 0. The third-order valence-electron chi connectivity index (χ3n) is 4.35. The maximum absolute atomic E-state index is 12.9. The highest BCUT2D eigenvalue weighted by atomic mass is 16.5. The van der Waals surface area contributed by atoms with E-state index >= 15 is 0 Å². The zero-order chi connectivity index (χ0) is 18.9. The molecular weight excluding hydrogens is 338 g/mol. The smallest absolute Gasteiger partial charge is 0.325 e. The summed E-state index contributed by atoms with van der Waals surface area (Å²) < 4.78 is 11.3. The van der Waals surface area contributed by atoms with Gasteiger partial charge in [-0.3, -0.25) is 14.5 Å². The molecular formula is C18H23N3O5. The Morgan fingerprint density at radius 3 is 2.65 bits per heavy atom. The van der Waals surface area contributed by atoms with Gasteiger partial charge >= 0.3 is 6.03 Å². The highest BCUT2D eigenvalue weighted by Gasteiger charge is 2.49. The van der Waals surface area contributed by atoms with Gasteiger partial charge in [0.2, 0.25) is 5.91 Å². The third kappa shape index (κ3) is 3.31. The highest BCUT2D eigenvalue weighted by molar-refractivity contribution is 6.09. The minimum Gasteiger partial charge on any atom is -0.490 e. The molecule has 0 bridgehead atoms. The number of hydrogen-bond acceptors (Lipinski definition) is 5. The summed E-state index contributed by atoms with van der Waals surface area (Å²) in [5.74, 6) is 0.293. The van der Waals surface area contributed by atoms with Crippen LogP contribution in [0.15, 0.2) is 18.2 Å². The van der Waals surface area contributed by atoms with Crippen LogP contribution in [0.25, 0.3) is 0 Å². The molecule has 8 heteroatoms. The van der Waals surface area contributed by atoms with Gasteiger partial charge in [0.15, 0.2) is 11.5 Å². The average molecular weight is 361 g/mol. The molecule has 1 aromatic carbocycles. The van der Waals surface area contributed by atoms with E-state index < -0.39 is 17.5 Å². The molecule has 1 aromatic rings. The fraction of sp³-hybridized carbons (Fsp3) is 0.500. The number of amides is 4. The molecule has 2 N–H and O–H groups in total. The molecule has 4 amide bonds. The zero-order valence-electron chi connectivity index (χ0n) is 15.1. The van der Waals surface area contributed by atoms with Crippen molar-refractivity contribution in [2.45, 2.75) is 38.8 Å². The molecule has 3 rings (SSSR count). The molecule has 8 nitrogen and oxygen atoms in total. The largest absolute Gasteiger partial charge is 0.490 e. The number of nitrogens with one attached hydrogen (secondary N) is 2. The lowest BCUT2D eigenvalue weighted by molar-refractivity contribution is -0.135. The van der Waals surface area contributed by atoms with Crippen LogP contribution in [0.5, 0.6) is 11.5 Å². The minimum atomic E-state index is -1.26. The molecule has 1 atom stereocenters. The van der Waals surface area contributed by atoms with Gasteiger partial charge in [-0.1, -0.05) is 6.07 Å². The number of urea groups is 1. The molecule has 0 radical (unpaired) electrons. The van der Waals surface area contributed by atoms with Crippen LogP contribution in [0.2, 0.25) is 0 Å². The van der Waals surface area contributed by atoms with Crippen LogP contribution >= 0.6 is 0 Å². The van der Waals surface area contributed by atoms with E-state index in [2.05, 4.69) is 10.6 Å². The van der Waals surface area contributed by atoms with E-state index in [4.69, 9.17) is 9.47 Å². The Morgan fingerprint density at radius 1 is 1.27 bits per heavy atom. The molecule has 0 aliphatic carbocycles. The Labute approximate surface area is 151 Å². The number of nitrogens with zero attached hydrogens (tertiary/aromatic N) is 1. The Bertz CT molecular complexity index is 748. The lowest BCUT2D eigenvalue weighted by Gasteiger charge is -2.23. The molecule has 1 fully saturated rings. The predicted octanol–water partition coefficient (Wildman–Crippen LogP) is 1.14. The van der Waals surface area contributed by atoms with Crippen LogP contribution in [0.3, 0.4) is 0 Å². The van der Waals surface area contributed by atoms with Crippen molar-refractivity contribution < 1.29 is 23.9 Å². The summed E-state index contributed by atoms with van der Waals surface area (Å²) in [6, 6.07) is 4.49. The topological polar surface area (TPSA) is 97.0 Å². The maximum atomic E-state index is 12.9. The van der Waals surface area contributed by atoms with Gasteiger partial charge < -0.3 is 20.1 Å². The number of carbonyl (C=O) groups is 3. The molecule has 2 heterocycles. The standard InChI is InChI=1S/C18H23N3O5/c1-11(2)19-15(22)10-21-16(23)18(3,20-17(21)24)12-5-6-13-14(9-12)26-8-4-7-25-13/h5-6,9,11H,4,7-8,10H2,1-3H3,(H,19,22)(H,20,24). The van der Waals surface area contributed by atoms with E-state index in [1.807, 2.05) is 13.8 Å². The van der Waals surface area contributed by atoms with Crippen molar-refractivity contribution in [1.29, 1.82) is 0 Å². The summed E-state index contributed by atoms with van der Waals surface area (Å²) in [4.78, 5) is 38.1. The van der Waals surface area contributed by atoms with Gasteiger partial charge in [0.05, 0.1) is 13.2 Å².